The first-order valence-electron chi connectivity index (χ1n) is 11.5. The lowest BCUT2D eigenvalue weighted by molar-refractivity contribution is -0.134. The average Bonchev–Trinajstić information content (AvgIpc) is 2.85. The number of ether oxygens (including phenoxy) is 1. The van der Waals surface area contributed by atoms with Crippen molar-refractivity contribution in [2.24, 2.45) is 5.92 Å². The number of carbonyl (C=O) groups excluding carboxylic acids is 2. The van der Waals surface area contributed by atoms with Crippen LogP contribution < -0.4 is 15.8 Å². The van der Waals surface area contributed by atoms with Crippen LogP contribution in [0, 0.1) is 12.8 Å². The summed E-state index contributed by atoms with van der Waals surface area (Å²) >= 11 is 5.84. The Morgan fingerprint density at radius 3 is 2.76 bits per heavy atom. The van der Waals surface area contributed by atoms with Crippen LogP contribution in [0.5, 0.6) is 0 Å². The van der Waals surface area contributed by atoms with Gasteiger partial charge in [0.15, 0.2) is 0 Å². The summed E-state index contributed by atoms with van der Waals surface area (Å²) in [6.07, 6.45) is 3.41. The van der Waals surface area contributed by atoms with E-state index in [4.69, 9.17) is 16.3 Å². The third kappa shape index (κ3) is 5.92. The molecule has 2 amide bonds. The topological polar surface area (TPSA) is 121 Å². The van der Waals surface area contributed by atoms with E-state index < -0.39 is 0 Å². The Morgan fingerprint density at radius 2 is 2.06 bits per heavy atom. The maximum Gasteiger partial charge on any atom is 0.255 e. The van der Waals surface area contributed by atoms with Gasteiger partial charge in [-0.3, -0.25) is 19.4 Å². The molecule has 0 aromatic carbocycles. The number of likely N-dealkylation sites (tertiary alicyclic amines) is 1. The lowest BCUT2D eigenvalue weighted by Gasteiger charge is -2.32. The standard InChI is InChI=1S/C23H29ClN6O4/c1-15-18(22(33)28-23(26-15)29-9-11-34-12-10-29)5-7-20(31)30-8-2-3-16(14-30)21(32)27-19-6-4-17(24)13-25-19/h4,6,13,16H,2-3,5,7-12,14H2,1H3,(H,25,27,32)(H,26,28,33). The number of pyridine rings is 1. The molecule has 2 N–H and O–H groups in total. The highest BCUT2D eigenvalue weighted by molar-refractivity contribution is 6.30. The second-order valence-electron chi connectivity index (χ2n) is 8.58. The van der Waals surface area contributed by atoms with Crippen LogP contribution >= 0.6 is 11.6 Å². The number of nitrogens with zero attached hydrogens (tertiary/aromatic N) is 4. The van der Waals surface area contributed by atoms with Gasteiger partial charge in [0, 0.05) is 50.1 Å². The third-order valence-electron chi connectivity index (χ3n) is 6.23. The second kappa shape index (κ2) is 11.0. The fraction of sp³-hybridized carbons (Fsp3) is 0.522. The molecule has 2 saturated heterocycles. The summed E-state index contributed by atoms with van der Waals surface area (Å²) in [4.78, 5) is 53.4. The summed E-state index contributed by atoms with van der Waals surface area (Å²) in [7, 11) is 0. The van der Waals surface area contributed by atoms with Crippen molar-refractivity contribution in [3.63, 3.8) is 0 Å². The number of hydrogen-bond donors (Lipinski definition) is 2. The molecular formula is C23H29ClN6O4. The third-order valence-corrected chi connectivity index (χ3v) is 6.46. The number of hydrogen-bond acceptors (Lipinski definition) is 7. The lowest BCUT2D eigenvalue weighted by Crippen LogP contribution is -2.44. The summed E-state index contributed by atoms with van der Waals surface area (Å²) in [6, 6.07) is 3.30. The molecule has 11 heteroatoms. The van der Waals surface area contributed by atoms with Crippen molar-refractivity contribution >= 4 is 35.2 Å². The number of aromatic nitrogens is 3. The van der Waals surface area contributed by atoms with Gasteiger partial charge in [-0.1, -0.05) is 11.6 Å². The van der Waals surface area contributed by atoms with E-state index in [2.05, 4.69) is 20.3 Å². The molecule has 2 aliphatic heterocycles. The normalized spacial score (nSPS) is 18.6. The summed E-state index contributed by atoms with van der Waals surface area (Å²) in [5, 5.41) is 3.28. The number of morpholine rings is 1. The van der Waals surface area contributed by atoms with Crippen LogP contribution in [0.4, 0.5) is 11.8 Å². The van der Waals surface area contributed by atoms with Crippen LogP contribution in [0.25, 0.3) is 0 Å². The molecule has 1 atom stereocenters. The van der Waals surface area contributed by atoms with E-state index in [0.717, 1.165) is 6.42 Å². The number of rotatable bonds is 6. The molecule has 2 aliphatic rings. The maximum atomic E-state index is 12.9. The summed E-state index contributed by atoms with van der Waals surface area (Å²) in [5.41, 5.74) is 0.933. The zero-order valence-corrected chi connectivity index (χ0v) is 19.9. The molecular weight excluding hydrogens is 460 g/mol. The van der Waals surface area contributed by atoms with E-state index in [-0.39, 0.29) is 29.7 Å². The molecule has 10 nitrogen and oxygen atoms in total. The first-order valence-corrected chi connectivity index (χ1v) is 11.9. The molecule has 0 radical (unpaired) electrons. The summed E-state index contributed by atoms with van der Waals surface area (Å²) < 4.78 is 5.35. The monoisotopic (exact) mass is 488 g/mol. The number of anilines is 2. The predicted molar refractivity (Wildman–Crippen MR) is 128 cm³/mol. The van der Waals surface area contributed by atoms with Crippen molar-refractivity contribution in [1.29, 1.82) is 0 Å². The van der Waals surface area contributed by atoms with Crippen molar-refractivity contribution in [2.45, 2.75) is 32.6 Å². The van der Waals surface area contributed by atoms with Gasteiger partial charge in [-0.2, -0.15) is 0 Å². The largest absolute Gasteiger partial charge is 0.378 e. The predicted octanol–water partition coefficient (Wildman–Crippen LogP) is 1.77. The number of aromatic amines is 1. The van der Waals surface area contributed by atoms with Gasteiger partial charge in [0.2, 0.25) is 17.8 Å². The number of H-pyrrole nitrogens is 1. The molecule has 2 aromatic rings. The van der Waals surface area contributed by atoms with Gasteiger partial charge in [-0.25, -0.2) is 9.97 Å². The Kier molecular flexibility index (Phi) is 7.79. The number of nitrogens with one attached hydrogen (secondary N) is 2. The van der Waals surface area contributed by atoms with Gasteiger partial charge < -0.3 is 19.9 Å². The van der Waals surface area contributed by atoms with Gasteiger partial charge in [0.1, 0.15) is 5.82 Å². The zero-order valence-electron chi connectivity index (χ0n) is 19.2. The van der Waals surface area contributed by atoms with Crippen LogP contribution in [0.1, 0.15) is 30.5 Å². The van der Waals surface area contributed by atoms with Gasteiger partial charge in [0.25, 0.3) is 5.56 Å². The van der Waals surface area contributed by atoms with E-state index in [1.165, 1.54) is 6.20 Å². The Balaban J connectivity index is 1.33. The number of aryl methyl sites for hydroxylation is 1. The van der Waals surface area contributed by atoms with Crippen molar-refractivity contribution in [3.8, 4) is 0 Å². The molecule has 4 heterocycles. The van der Waals surface area contributed by atoms with Crippen LogP contribution in [0.2, 0.25) is 5.02 Å². The van der Waals surface area contributed by atoms with E-state index in [1.807, 2.05) is 4.90 Å². The Morgan fingerprint density at radius 1 is 1.26 bits per heavy atom. The van der Waals surface area contributed by atoms with Crippen LogP contribution in [0.15, 0.2) is 23.1 Å². The molecule has 1 unspecified atom stereocenters. The molecule has 0 spiro atoms. The number of halogens is 1. The van der Waals surface area contributed by atoms with Gasteiger partial charge >= 0.3 is 0 Å². The molecule has 2 fully saturated rings. The van der Waals surface area contributed by atoms with Crippen molar-refractivity contribution in [3.05, 3.63) is 45.0 Å². The fourth-order valence-electron chi connectivity index (χ4n) is 4.30. The number of piperidine rings is 1. The lowest BCUT2D eigenvalue weighted by atomic mass is 9.96. The molecule has 2 aromatic heterocycles. The Bertz CT molecular complexity index is 1080. The quantitative estimate of drug-likeness (QED) is 0.635. The van der Waals surface area contributed by atoms with E-state index in [9.17, 15) is 14.4 Å². The van der Waals surface area contributed by atoms with Crippen LogP contribution in [-0.2, 0) is 20.7 Å². The molecule has 0 aliphatic carbocycles. The van der Waals surface area contributed by atoms with Crippen LogP contribution in [-0.4, -0.2) is 71.1 Å². The zero-order chi connectivity index (χ0) is 24.1. The minimum absolute atomic E-state index is 0.0711. The summed E-state index contributed by atoms with van der Waals surface area (Å²) in [6.45, 7) is 5.31. The van der Waals surface area contributed by atoms with Gasteiger partial charge in [-0.05, 0) is 38.3 Å². The first-order chi connectivity index (χ1) is 16.4. The van der Waals surface area contributed by atoms with E-state index >= 15 is 0 Å². The highest BCUT2D eigenvalue weighted by atomic mass is 35.5. The van der Waals surface area contributed by atoms with Crippen molar-refractivity contribution in [2.75, 3.05) is 49.6 Å². The molecule has 0 bridgehead atoms. The smallest absolute Gasteiger partial charge is 0.255 e. The average molecular weight is 489 g/mol. The Hall–Kier alpha value is -2.98. The molecule has 4 rings (SSSR count). The fourth-order valence-corrected chi connectivity index (χ4v) is 4.41. The maximum absolute atomic E-state index is 12.9. The first kappa shape index (κ1) is 24.2. The van der Waals surface area contributed by atoms with Gasteiger partial charge in [0.05, 0.1) is 24.2 Å². The highest BCUT2D eigenvalue weighted by Crippen LogP contribution is 2.20. The minimum Gasteiger partial charge on any atom is -0.378 e. The molecule has 182 valence electrons. The molecule has 34 heavy (non-hydrogen) atoms. The highest BCUT2D eigenvalue weighted by Gasteiger charge is 2.29. The van der Waals surface area contributed by atoms with E-state index in [0.29, 0.717) is 80.3 Å². The SMILES string of the molecule is Cc1nc(N2CCOCC2)[nH]c(=O)c1CCC(=O)N1CCCC(C(=O)Nc2ccc(Cl)cn2)C1. The number of carbonyl (C=O) groups is 2. The second-order valence-corrected chi connectivity index (χ2v) is 9.02. The van der Waals surface area contributed by atoms with Crippen LogP contribution in [0.3, 0.4) is 0 Å². The summed E-state index contributed by atoms with van der Waals surface area (Å²) in [5.74, 6) is 0.428. The Labute approximate surface area is 202 Å². The van der Waals surface area contributed by atoms with Crippen molar-refractivity contribution < 1.29 is 14.3 Å². The van der Waals surface area contributed by atoms with Gasteiger partial charge in [-0.15, -0.1) is 0 Å². The van der Waals surface area contributed by atoms with E-state index in [1.54, 1.807) is 24.0 Å². The van der Waals surface area contributed by atoms with Crippen molar-refractivity contribution in [1.82, 2.24) is 19.9 Å². The molecule has 0 saturated carbocycles. The number of amides is 2. The minimum atomic E-state index is -0.310.